The van der Waals surface area contributed by atoms with Crippen LogP contribution in [0.5, 0.6) is 0 Å². The molecule has 2 saturated heterocycles. The molecule has 1 aromatic carbocycles. The Labute approximate surface area is 156 Å². The van der Waals surface area contributed by atoms with E-state index >= 15 is 0 Å². The Bertz CT molecular complexity index is 722. The normalized spacial score (nSPS) is 27.9. The summed E-state index contributed by atoms with van der Waals surface area (Å²) in [6.07, 6.45) is 1.61. The summed E-state index contributed by atoms with van der Waals surface area (Å²) in [5.74, 6) is 0. The third-order valence-corrected chi connectivity index (χ3v) is 6.67. The number of sulfonamides is 1. The molecule has 2 fully saturated rings. The third kappa shape index (κ3) is 4.64. The van der Waals surface area contributed by atoms with Gasteiger partial charge in [0.05, 0.1) is 24.2 Å². The highest BCUT2D eigenvalue weighted by molar-refractivity contribution is 7.89. The van der Waals surface area contributed by atoms with Gasteiger partial charge in [-0.2, -0.15) is 0 Å². The summed E-state index contributed by atoms with van der Waals surface area (Å²) >= 11 is 0. The highest BCUT2D eigenvalue weighted by Crippen LogP contribution is 2.33. The minimum Gasteiger partial charge on any atom is -0.377 e. The van der Waals surface area contributed by atoms with Gasteiger partial charge in [-0.3, -0.25) is 4.90 Å². The zero-order valence-corrected chi connectivity index (χ0v) is 16.7. The third-order valence-electron chi connectivity index (χ3n) is 5.25. The second kappa shape index (κ2) is 7.94. The molecule has 3 rings (SSSR count). The standard InChI is InChI=1S/C19H30N2O4S/c1-15(2)21-9-10-24-14-19(13-21)8-7-17(25-19)12-20-26(22,23)18-6-4-5-16(3)11-18/h4-6,11,15,17,20H,7-10,12-14H2,1-3H3. The van der Waals surface area contributed by atoms with Crippen LogP contribution in [0.2, 0.25) is 0 Å². The average molecular weight is 383 g/mol. The molecule has 1 aromatic rings. The Morgan fingerprint density at radius 1 is 1.38 bits per heavy atom. The van der Waals surface area contributed by atoms with Gasteiger partial charge >= 0.3 is 0 Å². The largest absolute Gasteiger partial charge is 0.377 e. The van der Waals surface area contributed by atoms with Crippen LogP contribution in [0.1, 0.15) is 32.3 Å². The van der Waals surface area contributed by atoms with Crippen LogP contribution in [0, 0.1) is 6.92 Å². The van der Waals surface area contributed by atoms with Gasteiger partial charge in [0, 0.05) is 25.7 Å². The second-order valence-electron chi connectivity index (χ2n) is 7.75. The van der Waals surface area contributed by atoms with Crippen molar-refractivity contribution in [2.24, 2.45) is 0 Å². The molecule has 2 atom stereocenters. The van der Waals surface area contributed by atoms with E-state index in [0.29, 0.717) is 30.7 Å². The first kappa shape index (κ1) is 19.8. The van der Waals surface area contributed by atoms with Crippen molar-refractivity contribution in [1.29, 1.82) is 0 Å². The van der Waals surface area contributed by atoms with E-state index in [4.69, 9.17) is 9.47 Å². The van der Waals surface area contributed by atoms with E-state index in [0.717, 1.165) is 31.5 Å². The van der Waals surface area contributed by atoms with Crippen LogP contribution in [0.15, 0.2) is 29.2 Å². The molecule has 26 heavy (non-hydrogen) atoms. The first-order valence-electron chi connectivity index (χ1n) is 9.36. The molecule has 7 heteroatoms. The van der Waals surface area contributed by atoms with Crippen LogP contribution < -0.4 is 4.72 Å². The minimum atomic E-state index is -3.52. The molecule has 2 heterocycles. The summed E-state index contributed by atoms with van der Waals surface area (Å²) in [6.45, 7) is 9.59. The lowest BCUT2D eigenvalue weighted by molar-refractivity contribution is -0.0855. The van der Waals surface area contributed by atoms with Crippen molar-refractivity contribution in [3.05, 3.63) is 29.8 Å². The minimum absolute atomic E-state index is 0.120. The molecular formula is C19H30N2O4S. The van der Waals surface area contributed by atoms with Gasteiger partial charge in [0.2, 0.25) is 10.0 Å². The van der Waals surface area contributed by atoms with Crippen molar-refractivity contribution in [2.75, 3.05) is 32.8 Å². The van der Waals surface area contributed by atoms with Crippen LogP contribution >= 0.6 is 0 Å². The first-order valence-corrected chi connectivity index (χ1v) is 10.8. The lowest BCUT2D eigenvalue weighted by Crippen LogP contribution is -2.47. The topological polar surface area (TPSA) is 67.9 Å². The maximum atomic E-state index is 12.5. The van der Waals surface area contributed by atoms with Gasteiger partial charge in [-0.1, -0.05) is 12.1 Å². The van der Waals surface area contributed by atoms with Crippen molar-refractivity contribution < 1.29 is 17.9 Å². The van der Waals surface area contributed by atoms with Crippen molar-refractivity contribution in [3.8, 4) is 0 Å². The van der Waals surface area contributed by atoms with E-state index < -0.39 is 10.0 Å². The van der Waals surface area contributed by atoms with Crippen LogP contribution in [0.3, 0.4) is 0 Å². The van der Waals surface area contributed by atoms with Crippen LogP contribution in [0.4, 0.5) is 0 Å². The lowest BCUT2D eigenvalue weighted by Gasteiger charge is -2.34. The molecule has 0 bridgehead atoms. The monoisotopic (exact) mass is 382 g/mol. The number of benzene rings is 1. The molecule has 1 spiro atoms. The molecule has 2 unspecified atom stereocenters. The van der Waals surface area contributed by atoms with Crippen molar-refractivity contribution in [1.82, 2.24) is 9.62 Å². The molecule has 2 aliphatic heterocycles. The van der Waals surface area contributed by atoms with Gasteiger partial charge in [-0.05, 0) is 51.3 Å². The van der Waals surface area contributed by atoms with Crippen molar-refractivity contribution >= 4 is 10.0 Å². The molecule has 0 saturated carbocycles. The Morgan fingerprint density at radius 2 is 2.19 bits per heavy atom. The lowest BCUT2D eigenvalue weighted by atomic mass is 9.99. The molecule has 0 amide bonds. The number of rotatable bonds is 5. The molecular weight excluding hydrogens is 352 g/mol. The highest BCUT2D eigenvalue weighted by Gasteiger charge is 2.43. The van der Waals surface area contributed by atoms with Gasteiger partial charge < -0.3 is 9.47 Å². The van der Waals surface area contributed by atoms with E-state index in [1.54, 1.807) is 18.2 Å². The number of ether oxygens (including phenoxy) is 2. The highest BCUT2D eigenvalue weighted by atomic mass is 32.2. The molecule has 0 radical (unpaired) electrons. The van der Waals surface area contributed by atoms with Crippen LogP contribution in [-0.2, 0) is 19.5 Å². The molecule has 2 aliphatic rings. The summed E-state index contributed by atoms with van der Waals surface area (Å²) in [4.78, 5) is 2.68. The number of hydrogen-bond donors (Lipinski definition) is 1. The van der Waals surface area contributed by atoms with Crippen LogP contribution in [0.25, 0.3) is 0 Å². The number of hydrogen-bond acceptors (Lipinski definition) is 5. The van der Waals surface area contributed by atoms with E-state index in [1.165, 1.54) is 0 Å². The fourth-order valence-corrected chi connectivity index (χ4v) is 4.88. The van der Waals surface area contributed by atoms with Crippen LogP contribution in [-0.4, -0.2) is 63.9 Å². The smallest absolute Gasteiger partial charge is 0.240 e. The number of nitrogens with one attached hydrogen (secondary N) is 1. The van der Waals surface area contributed by atoms with E-state index in [9.17, 15) is 8.42 Å². The molecule has 146 valence electrons. The average Bonchev–Trinajstić information content (AvgIpc) is 2.86. The predicted octanol–water partition coefficient (Wildman–Crippen LogP) is 1.93. The van der Waals surface area contributed by atoms with Gasteiger partial charge in [0.1, 0.15) is 5.60 Å². The summed E-state index contributed by atoms with van der Waals surface area (Å²) in [7, 11) is -3.52. The fourth-order valence-electron chi connectivity index (χ4n) is 3.71. The summed E-state index contributed by atoms with van der Waals surface area (Å²) in [5, 5.41) is 0. The molecule has 6 nitrogen and oxygen atoms in total. The zero-order valence-electron chi connectivity index (χ0n) is 15.9. The van der Waals surface area contributed by atoms with Crippen molar-refractivity contribution in [3.63, 3.8) is 0 Å². The number of aryl methyl sites for hydroxylation is 1. The first-order chi connectivity index (χ1) is 12.3. The Kier molecular flexibility index (Phi) is 6.04. The predicted molar refractivity (Wildman–Crippen MR) is 101 cm³/mol. The van der Waals surface area contributed by atoms with Gasteiger partial charge in [0.15, 0.2) is 0 Å². The maximum absolute atomic E-state index is 12.5. The fraction of sp³-hybridized carbons (Fsp3) is 0.684. The Hall–Kier alpha value is -0.990. The molecule has 0 aromatic heterocycles. The van der Waals surface area contributed by atoms with Gasteiger partial charge in [0.25, 0.3) is 0 Å². The number of nitrogens with zero attached hydrogens (tertiary/aromatic N) is 1. The van der Waals surface area contributed by atoms with E-state index in [-0.39, 0.29) is 11.7 Å². The van der Waals surface area contributed by atoms with E-state index in [2.05, 4.69) is 23.5 Å². The Morgan fingerprint density at radius 3 is 2.92 bits per heavy atom. The van der Waals surface area contributed by atoms with Gasteiger partial charge in [-0.25, -0.2) is 13.1 Å². The summed E-state index contributed by atoms with van der Waals surface area (Å²) < 4.78 is 39.8. The summed E-state index contributed by atoms with van der Waals surface area (Å²) in [5.41, 5.74) is 0.605. The Balaban J connectivity index is 1.60. The quantitative estimate of drug-likeness (QED) is 0.843. The SMILES string of the molecule is Cc1cccc(S(=O)(=O)NCC2CCC3(COCCN(C(C)C)C3)O2)c1. The maximum Gasteiger partial charge on any atom is 0.240 e. The zero-order chi connectivity index (χ0) is 18.8. The van der Waals surface area contributed by atoms with Gasteiger partial charge in [-0.15, -0.1) is 0 Å². The summed E-state index contributed by atoms with van der Waals surface area (Å²) in [6, 6.07) is 7.38. The molecule has 1 N–H and O–H groups in total. The van der Waals surface area contributed by atoms with Crippen molar-refractivity contribution in [2.45, 2.75) is 56.3 Å². The second-order valence-corrected chi connectivity index (χ2v) is 9.51. The molecule has 0 aliphatic carbocycles. The van der Waals surface area contributed by atoms with E-state index in [1.807, 2.05) is 13.0 Å².